The third-order valence-corrected chi connectivity index (χ3v) is 9.32. The molecule has 3 aromatic rings. The van der Waals surface area contributed by atoms with Crippen LogP contribution in [0.1, 0.15) is 35.8 Å². The van der Waals surface area contributed by atoms with E-state index in [4.69, 9.17) is 33.3 Å². The molecule has 6 N–H and O–H groups in total. The van der Waals surface area contributed by atoms with Crippen molar-refractivity contribution in [3.63, 3.8) is 0 Å². The summed E-state index contributed by atoms with van der Waals surface area (Å²) in [6, 6.07) is 0. The number of nitrogens with two attached hydrogens (primary N) is 1. The Kier molecular flexibility index (Phi) is 7.18. The number of carbonyl (C=O) groups excluding carboxylic acids is 1. The number of phosphoric acid groups is 2. The molecule has 3 fully saturated rings. The number of Topliss-reactive ketones (excluding diaryl/α,β-unsaturated/α-hetero) is 1. The lowest BCUT2D eigenvalue weighted by Gasteiger charge is -2.25. The molecule has 0 amide bonds. The second-order valence-corrected chi connectivity index (χ2v) is 13.0. The molecule has 3 aromatic heterocycles. The number of nitrogens with zero attached hydrogens (tertiary/aromatic N) is 6. The van der Waals surface area contributed by atoms with Crippen LogP contribution in [0.3, 0.4) is 0 Å². The number of ether oxygens (including phenoxy) is 2. The molecule has 2 bridgehead atoms. The highest BCUT2D eigenvalue weighted by molar-refractivity contribution is 7.47. The average Bonchev–Trinajstić information content (AvgIpc) is 3.72. The van der Waals surface area contributed by atoms with E-state index in [0.29, 0.717) is 0 Å². The first-order chi connectivity index (χ1) is 20.9. The Bertz CT molecular complexity index is 1820. The Morgan fingerprint density at radius 1 is 0.977 bits per heavy atom. The fourth-order valence-corrected chi connectivity index (χ4v) is 7.33. The van der Waals surface area contributed by atoms with E-state index < -0.39 is 77.4 Å². The van der Waals surface area contributed by atoms with Crippen molar-refractivity contribution < 1.29 is 56.4 Å². The van der Waals surface area contributed by atoms with Gasteiger partial charge in [-0.3, -0.25) is 41.8 Å². The number of aliphatic hydroxyl groups excluding tert-OH is 1. The number of aliphatic hydroxyl groups is 1. The number of nitrogens with one attached hydrogen (secondary N) is 1. The highest BCUT2D eigenvalue weighted by atomic mass is 31.2. The second-order valence-electron chi connectivity index (χ2n) is 10.2. The van der Waals surface area contributed by atoms with Gasteiger partial charge in [-0.1, -0.05) is 0 Å². The van der Waals surface area contributed by atoms with Gasteiger partial charge in [-0.2, -0.15) is 4.98 Å². The molecule has 21 nitrogen and oxygen atoms in total. The van der Waals surface area contributed by atoms with Gasteiger partial charge in [0.2, 0.25) is 5.95 Å². The molecule has 3 saturated heterocycles. The highest BCUT2D eigenvalue weighted by Crippen LogP contribution is 2.53. The maximum Gasteiger partial charge on any atom is 0.472 e. The van der Waals surface area contributed by atoms with Crippen LogP contribution >= 0.6 is 15.6 Å². The van der Waals surface area contributed by atoms with E-state index in [-0.39, 0.29) is 47.2 Å². The molecule has 0 spiro atoms. The summed E-state index contributed by atoms with van der Waals surface area (Å²) in [6.07, 6.45) is -5.96. The molecule has 236 valence electrons. The lowest BCUT2D eigenvalue weighted by molar-refractivity contribution is -0.0673. The number of ketones is 1. The maximum absolute atomic E-state index is 13.1. The van der Waals surface area contributed by atoms with E-state index in [2.05, 4.69) is 24.9 Å². The molecule has 4 aliphatic rings. The number of anilines is 1. The molecule has 0 radical (unpaired) electrons. The van der Waals surface area contributed by atoms with Crippen LogP contribution in [0, 0.1) is 0 Å². The zero-order chi connectivity index (χ0) is 31.0. The van der Waals surface area contributed by atoms with Crippen molar-refractivity contribution >= 4 is 50.6 Å². The van der Waals surface area contributed by atoms with E-state index in [1.54, 1.807) is 0 Å². The number of phosphoric ester groups is 2. The minimum Gasteiger partial charge on any atom is -0.386 e. The van der Waals surface area contributed by atoms with Crippen LogP contribution in [0.5, 0.6) is 0 Å². The van der Waals surface area contributed by atoms with Crippen molar-refractivity contribution in [3.05, 3.63) is 28.7 Å². The summed E-state index contributed by atoms with van der Waals surface area (Å²) in [5, 5.41) is 11.1. The number of H-pyrrole nitrogens is 1. The SMILES string of the molecule is Nc1nc2c(ncn2[C@@H]2O[C@@H]3COP(=O)(O)O[C@H]4[C@@H](O)[C@H](n5cnc6c5N=CCC6=O)O[C@@H]4COP(=O)(O)O[C@@H]2C3)c(=O)[nH]1. The summed E-state index contributed by atoms with van der Waals surface area (Å²) in [5.74, 6) is -0.470. The van der Waals surface area contributed by atoms with Gasteiger partial charge < -0.3 is 30.1 Å². The molecule has 4 aliphatic heterocycles. The molecule has 9 atom stereocenters. The first-order valence-electron chi connectivity index (χ1n) is 13.0. The second kappa shape index (κ2) is 10.7. The van der Waals surface area contributed by atoms with Crippen molar-refractivity contribution in [2.24, 2.45) is 4.99 Å². The number of aliphatic imine (C=N–C) groups is 1. The predicted octanol–water partition coefficient (Wildman–Crippen LogP) is -0.549. The number of hydrogen-bond acceptors (Lipinski definition) is 16. The van der Waals surface area contributed by atoms with Gasteiger partial charge >= 0.3 is 15.6 Å². The van der Waals surface area contributed by atoms with Gasteiger partial charge in [-0.05, 0) is 0 Å². The Labute approximate surface area is 244 Å². The molecule has 23 heteroatoms. The normalized spacial score (nSPS) is 37.7. The molecule has 2 unspecified atom stereocenters. The third-order valence-electron chi connectivity index (χ3n) is 7.32. The van der Waals surface area contributed by atoms with E-state index >= 15 is 0 Å². The number of imidazole rings is 2. The number of nitrogen functional groups attached to an aromatic ring is 1. The maximum atomic E-state index is 13.1. The average molecular weight is 658 g/mol. The minimum absolute atomic E-state index is 0.0210. The van der Waals surface area contributed by atoms with Crippen LogP contribution in [0.25, 0.3) is 11.2 Å². The summed E-state index contributed by atoms with van der Waals surface area (Å²) < 4.78 is 61.5. The molecule has 7 heterocycles. The van der Waals surface area contributed by atoms with Gasteiger partial charge in [0.1, 0.15) is 24.4 Å². The standard InChI is InChI=1S/C21H24N8O13P2/c22-21-26-17-13(18(32)27-21)25-7-29(17)19-10-3-8(39-19)4-37-44(35,36)42-15-11(5-38-43(33,34)41-10)40-20(14(15)31)28-6-24-12-9(30)1-2-23-16(12)28/h2,6-8,10-11,14-15,19-20,31H,1,3-5H2,(H,33,34)(H,35,36)(H3,22,26,27,32)/t8-,10+,11+,14+,15+,19+,20+/m0/s1. The summed E-state index contributed by atoms with van der Waals surface area (Å²) in [6.45, 7) is -1.33. The molecule has 0 saturated carbocycles. The van der Waals surface area contributed by atoms with Gasteiger partial charge in [0.25, 0.3) is 5.56 Å². The van der Waals surface area contributed by atoms with Crippen molar-refractivity contribution in [1.82, 2.24) is 29.1 Å². The van der Waals surface area contributed by atoms with Crippen LogP contribution in [0.15, 0.2) is 22.4 Å². The Hall–Kier alpha value is -3.20. The molecular weight excluding hydrogens is 634 g/mol. The van der Waals surface area contributed by atoms with E-state index in [9.17, 15) is 33.6 Å². The fourth-order valence-electron chi connectivity index (χ4n) is 5.41. The fraction of sp³-hybridized carbons (Fsp3) is 0.524. The summed E-state index contributed by atoms with van der Waals surface area (Å²) in [7, 11) is -9.87. The number of hydrogen-bond donors (Lipinski definition) is 5. The Morgan fingerprint density at radius 3 is 2.55 bits per heavy atom. The molecule has 7 rings (SSSR count). The first kappa shape index (κ1) is 29.5. The summed E-state index contributed by atoms with van der Waals surface area (Å²) >= 11 is 0. The van der Waals surface area contributed by atoms with Gasteiger partial charge in [0.15, 0.2) is 40.9 Å². The van der Waals surface area contributed by atoms with Crippen LogP contribution < -0.4 is 11.3 Å². The van der Waals surface area contributed by atoms with Crippen molar-refractivity contribution in [2.45, 2.75) is 55.8 Å². The predicted molar refractivity (Wildman–Crippen MR) is 142 cm³/mol. The van der Waals surface area contributed by atoms with Crippen LogP contribution in [-0.2, 0) is 36.7 Å². The number of aromatic amines is 1. The van der Waals surface area contributed by atoms with Crippen LogP contribution in [-0.4, -0.2) is 99.7 Å². The van der Waals surface area contributed by atoms with Crippen LogP contribution in [0.4, 0.5) is 11.8 Å². The molecule has 0 aliphatic carbocycles. The molecular formula is C21H24N8O13P2. The van der Waals surface area contributed by atoms with Crippen LogP contribution in [0.2, 0.25) is 0 Å². The number of fused-ring (bicyclic) bond motifs is 5. The van der Waals surface area contributed by atoms with Gasteiger partial charge in [-0.25, -0.2) is 24.1 Å². The Morgan fingerprint density at radius 2 is 1.73 bits per heavy atom. The highest BCUT2D eigenvalue weighted by Gasteiger charge is 2.52. The first-order valence-corrected chi connectivity index (χ1v) is 16.0. The van der Waals surface area contributed by atoms with Crippen molar-refractivity contribution in [3.8, 4) is 0 Å². The lowest BCUT2D eigenvalue weighted by Crippen LogP contribution is -2.36. The van der Waals surface area contributed by atoms with Crippen molar-refractivity contribution in [2.75, 3.05) is 18.9 Å². The number of carbonyl (C=O) groups is 1. The number of aromatic nitrogens is 6. The molecule has 0 aromatic carbocycles. The number of rotatable bonds is 2. The zero-order valence-electron chi connectivity index (χ0n) is 22.2. The Balaban J connectivity index is 1.18. The van der Waals surface area contributed by atoms with Gasteiger partial charge in [0.05, 0.1) is 32.0 Å². The third kappa shape index (κ3) is 5.25. The summed E-state index contributed by atoms with van der Waals surface area (Å²) in [4.78, 5) is 64.2. The van der Waals surface area contributed by atoms with E-state index in [1.165, 1.54) is 28.0 Å². The monoisotopic (exact) mass is 658 g/mol. The minimum atomic E-state index is -4.94. The van der Waals surface area contributed by atoms with E-state index in [0.717, 1.165) is 0 Å². The van der Waals surface area contributed by atoms with E-state index in [1.807, 2.05) is 0 Å². The topological polar surface area (TPSA) is 287 Å². The summed E-state index contributed by atoms with van der Waals surface area (Å²) in [5.41, 5.74) is 4.95. The quantitative estimate of drug-likeness (QED) is 0.216. The van der Waals surface area contributed by atoms with Gasteiger partial charge in [-0.15, -0.1) is 0 Å². The zero-order valence-corrected chi connectivity index (χ0v) is 24.0. The van der Waals surface area contributed by atoms with Gasteiger partial charge in [0, 0.05) is 19.1 Å². The lowest BCUT2D eigenvalue weighted by atomic mass is 10.1. The van der Waals surface area contributed by atoms with Crippen molar-refractivity contribution in [1.29, 1.82) is 0 Å². The smallest absolute Gasteiger partial charge is 0.386 e. The molecule has 44 heavy (non-hydrogen) atoms. The largest absolute Gasteiger partial charge is 0.472 e.